The van der Waals surface area contributed by atoms with Crippen LogP contribution in [0, 0.1) is 0 Å². The van der Waals surface area contributed by atoms with Gasteiger partial charge < -0.3 is 15.2 Å². The Hall–Kier alpha value is -0.700. The number of hydrogen-bond donors (Lipinski definition) is 2. The van der Waals surface area contributed by atoms with Crippen LogP contribution in [0.25, 0.3) is 0 Å². The maximum Gasteiger partial charge on any atom is 0.242 e. The fourth-order valence-electron chi connectivity index (χ4n) is 1.59. The number of hydrogen-bond acceptors (Lipinski definition) is 5. The van der Waals surface area contributed by atoms with Crippen LogP contribution in [0.5, 0.6) is 0 Å². The van der Waals surface area contributed by atoms with E-state index in [4.69, 9.17) is 26.8 Å². The predicted molar refractivity (Wildman–Crippen MR) is 81.8 cm³/mol. The summed E-state index contributed by atoms with van der Waals surface area (Å²) in [6.45, 7) is 2.08. The van der Waals surface area contributed by atoms with Crippen LogP contribution in [0.4, 0.5) is 0 Å². The molecule has 0 heterocycles. The molecule has 8 heteroatoms. The summed E-state index contributed by atoms with van der Waals surface area (Å²) < 4.78 is 36.8. The Morgan fingerprint density at radius 1 is 1.29 bits per heavy atom. The first-order valence-electron chi connectivity index (χ1n) is 6.56. The Labute approximate surface area is 130 Å². The average Bonchev–Trinajstić information content (AvgIpc) is 2.45. The zero-order valence-corrected chi connectivity index (χ0v) is 13.5. The van der Waals surface area contributed by atoms with Crippen LogP contribution >= 0.6 is 11.6 Å². The molecule has 0 saturated carbocycles. The van der Waals surface area contributed by atoms with E-state index in [1.165, 1.54) is 6.07 Å². The van der Waals surface area contributed by atoms with Crippen LogP contribution in [-0.2, 0) is 26.0 Å². The van der Waals surface area contributed by atoms with Crippen molar-refractivity contribution in [1.82, 2.24) is 4.72 Å². The lowest BCUT2D eigenvalue weighted by atomic mass is 10.2. The van der Waals surface area contributed by atoms with E-state index in [1.54, 1.807) is 19.2 Å². The summed E-state index contributed by atoms with van der Waals surface area (Å²) in [4.78, 5) is 0.0571. The van der Waals surface area contributed by atoms with E-state index in [9.17, 15) is 8.42 Å². The molecule has 21 heavy (non-hydrogen) atoms. The third kappa shape index (κ3) is 6.29. The van der Waals surface area contributed by atoms with Gasteiger partial charge in [0.25, 0.3) is 0 Å². The average molecular weight is 337 g/mol. The van der Waals surface area contributed by atoms with Gasteiger partial charge in [0.05, 0.1) is 18.2 Å². The Kier molecular flexibility index (Phi) is 8.16. The summed E-state index contributed by atoms with van der Waals surface area (Å²) in [5.74, 6) is 0. The Bertz CT molecular complexity index is 537. The Morgan fingerprint density at radius 2 is 2.05 bits per heavy atom. The Morgan fingerprint density at radius 3 is 2.67 bits per heavy atom. The molecule has 0 radical (unpaired) electrons. The van der Waals surface area contributed by atoms with Crippen molar-refractivity contribution in [3.05, 3.63) is 28.8 Å². The number of ether oxygens (including phenoxy) is 2. The summed E-state index contributed by atoms with van der Waals surface area (Å²) >= 11 is 5.98. The lowest BCUT2D eigenvalue weighted by Gasteiger charge is -2.09. The van der Waals surface area contributed by atoms with Crippen LogP contribution in [0.15, 0.2) is 23.1 Å². The summed E-state index contributed by atoms with van der Waals surface area (Å²) in [7, 11) is -2.02. The number of halogens is 1. The molecule has 1 rings (SSSR count). The quantitative estimate of drug-likeness (QED) is 0.625. The molecule has 0 bridgehead atoms. The number of benzene rings is 1. The van der Waals surface area contributed by atoms with Crippen molar-refractivity contribution in [3.8, 4) is 0 Å². The second-order valence-corrected chi connectivity index (χ2v) is 6.47. The SMILES string of the molecule is COCCOCCCNS(=O)(=O)c1ccc(CN)cc1Cl. The van der Waals surface area contributed by atoms with E-state index < -0.39 is 10.0 Å². The van der Waals surface area contributed by atoms with E-state index in [2.05, 4.69) is 4.72 Å². The molecular weight excluding hydrogens is 316 g/mol. The minimum absolute atomic E-state index is 0.0571. The molecule has 0 atom stereocenters. The lowest BCUT2D eigenvalue weighted by molar-refractivity contribution is 0.0699. The first-order valence-corrected chi connectivity index (χ1v) is 8.42. The minimum Gasteiger partial charge on any atom is -0.382 e. The third-order valence-electron chi connectivity index (χ3n) is 2.71. The van der Waals surface area contributed by atoms with Crippen LogP contribution in [-0.4, -0.2) is 41.9 Å². The molecule has 0 fully saturated rings. The number of nitrogens with one attached hydrogen (secondary N) is 1. The van der Waals surface area contributed by atoms with Crippen molar-refractivity contribution >= 4 is 21.6 Å². The van der Waals surface area contributed by atoms with Gasteiger partial charge in [-0.3, -0.25) is 0 Å². The fourth-order valence-corrected chi connectivity index (χ4v) is 3.23. The standard InChI is InChI=1S/C13H21ClN2O4S/c1-19-7-8-20-6-2-5-16-21(17,18)13-4-3-11(10-15)9-12(13)14/h3-4,9,16H,2,5-8,10,15H2,1H3. The number of methoxy groups -OCH3 is 1. The molecule has 1 aromatic carbocycles. The number of rotatable bonds is 10. The van der Waals surface area contributed by atoms with Gasteiger partial charge in [-0.1, -0.05) is 17.7 Å². The smallest absolute Gasteiger partial charge is 0.242 e. The maximum absolute atomic E-state index is 12.1. The summed E-state index contributed by atoms with van der Waals surface area (Å²) in [5.41, 5.74) is 6.26. The van der Waals surface area contributed by atoms with Gasteiger partial charge in [0, 0.05) is 26.8 Å². The van der Waals surface area contributed by atoms with Gasteiger partial charge >= 0.3 is 0 Å². The molecule has 0 saturated heterocycles. The number of sulfonamides is 1. The van der Waals surface area contributed by atoms with Crippen molar-refractivity contribution in [3.63, 3.8) is 0 Å². The van der Waals surface area contributed by atoms with E-state index in [-0.39, 0.29) is 16.5 Å². The molecule has 1 aromatic rings. The zero-order chi connectivity index (χ0) is 15.7. The summed E-state index contributed by atoms with van der Waals surface area (Å²) in [6.07, 6.45) is 0.571. The molecule has 6 nitrogen and oxygen atoms in total. The monoisotopic (exact) mass is 336 g/mol. The first kappa shape index (κ1) is 18.3. The second-order valence-electron chi connectivity index (χ2n) is 4.33. The zero-order valence-electron chi connectivity index (χ0n) is 12.0. The summed E-state index contributed by atoms with van der Waals surface area (Å²) in [5, 5.41) is 0.168. The van der Waals surface area contributed by atoms with E-state index in [0.717, 1.165) is 5.56 Å². The van der Waals surface area contributed by atoms with E-state index in [1.807, 2.05) is 0 Å². The van der Waals surface area contributed by atoms with Crippen molar-refractivity contribution in [2.45, 2.75) is 17.9 Å². The molecule has 0 aliphatic rings. The van der Waals surface area contributed by atoms with Crippen LogP contribution in [0.3, 0.4) is 0 Å². The van der Waals surface area contributed by atoms with E-state index >= 15 is 0 Å². The van der Waals surface area contributed by atoms with Crippen LogP contribution in [0.1, 0.15) is 12.0 Å². The minimum atomic E-state index is -3.62. The molecule has 120 valence electrons. The highest BCUT2D eigenvalue weighted by molar-refractivity contribution is 7.89. The molecule has 0 aliphatic carbocycles. The normalized spacial score (nSPS) is 11.8. The van der Waals surface area contributed by atoms with Crippen LogP contribution in [0.2, 0.25) is 5.02 Å². The van der Waals surface area contributed by atoms with Gasteiger partial charge in [-0.05, 0) is 24.1 Å². The second kappa shape index (κ2) is 9.34. The van der Waals surface area contributed by atoms with Gasteiger partial charge in [-0.15, -0.1) is 0 Å². The van der Waals surface area contributed by atoms with Gasteiger partial charge in [-0.25, -0.2) is 13.1 Å². The molecule has 0 aliphatic heterocycles. The van der Waals surface area contributed by atoms with Crippen molar-refractivity contribution in [1.29, 1.82) is 0 Å². The van der Waals surface area contributed by atoms with Crippen molar-refractivity contribution in [2.24, 2.45) is 5.73 Å². The molecular formula is C13H21ClN2O4S. The number of nitrogens with two attached hydrogens (primary N) is 1. The fraction of sp³-hybridized carbons (Fsp3) is 0.538. The topological polar surface area (TPSA) is 90.6 Å². The summed E-state index contributed by atoms with van der Waals surface area (Å²) in [6, 6.07) is 4.67. The van der Waals surface area contributed by atoms with Crippen LogP contribution < -0.4 is 10.5 Å². The largest absolute Gasteiger partial charge is 0.382 e. The van der Waals surface area contributed by atoms with Gasteiger partial charge in [0.2, 0.25) is 10.0 Å². The lowest BCUT2D eigenvalue weighted by Crippen LogP contribution is -2.26. The third-order valence-corrected chi connectivity index (χ3v) is 4.65. The highest BCUT2D eigenvalue weighted by atomic mass is 35.5. The molecule has 0 aromatic heterocycles. The van der Waals surface area contributed by atoms with Gasteiger partial charge in [0.1, 0.15) is 4.90 Å². The molecule has 0 spiro atoms. The molecule has 0 amide bonds. The highest BCUT2D eigenvalue weighted by Gasteiger charge is 2.17. The first-order chi connectivity index (χ1) is 10.0. The van der Waals surface area contributed by atoms with Crippen molar-refractivity contribution < 1.29 is 17.9 Å². The predicted octanol–water partition coefficient (Wildman–Crippen LogP) is 1.13. The highest BCUT2D eigenvalue weighted by Crippen LogP contribution is 2.22. The molecule has 0 unspecified atom stereocenters. The van der Waals surface area contributed by atoms with Gasteiger partial charge in [-0.2, -0.15) is 0 Å². The maximum atomic E-state index is 12.1. The van der Waals surface area contributed by atoms with Crippen molar-refractivity contribution in [2.75, 3.05) is 33.5 Å². The van der Waals surface area contributed by atoms with E-state index in [0.29, 0.717) is 32.8 Å². The van der Waals surface area contributed by atoms with Gasteiger partial charge in [0.15, 0.2) is 0 Å². The molecule has 3 N–H and O–H groups in total. The Balaban J connectivity index is 2.46.